The zero-order chi connectivity index (χ0) is 13.2. The largest absolute Gasteiger partial charge is 0.481 e. The van der Waals surface area contributed by atoms with Gasteiger partial charge in [0.1, 0.15) is 0 Å². The summed E-state index contributed by atoms with van der Waals surface area (Å²) in [6, 6.07) is 0. The fourth-order valence-corrected chi connectivity index (χ4v) is 2.03. The SMILES string of the molecule is Cc1nc(CNC(=O)CC2(C(=O)O)CCC2)no1. The van der Waals surface area contributed by atoms with Gasteiger partial charge in [0, 0.05) is 13.3 Å². The van der Waals surface area contributed by atoms with Gasteiger partial charge in [-0.1, -0.05) is 11.6 Å². The topological polar surface area (TPSA) is 105 Å². The molecule has 1 saturated carbocycles. The van der Waals surface area contributed by atoms with Crippen LogP contribution in [0.15, 0.2) is 4.52 Å². The van der Waals surface area contributed by atoms with Gasteiger partial charge in [0.2, 0.25) is 11.8 Å². The molecule has 1 amide bonds. The molecular weight excluding hydrogens is 238 g/mol. The van der Waals surface area contributed by atoms with Crippen molar-refractivity contribution in [1.29, 1.82) is 0 Å². The number of hydrogen-bond donors (Lipinski definition) is 2. The highest BCUT2D eigenvalue weighted by atomic mass is 16.5. The summed E-state index contributed by atoms with van der Waals surface area (Å²) < 4.78 is 4.76. The standard InChI is InChI=1S/C11H15N3O4/c1-7-13-8(14-18-7)6-12-9(15)5-11(10(16)17)3-2-4-11/h2-6H2,1H3,(H,12,15)(H,16,17). The first-order valence-electron chi connectivity index (χ1n) is 5.81. The smallest absolute Gasteiger partial charge is 0.310 e. The van der Waals surface area contributed by atoms with E-state index in [1.54, 1.807) is 6.92 Å². The lowest BCUT2D eigenvalue weighted by Crippen LogP contribution is -2.42. The quantitative estimate of drug-likeness (QED) is 0.797. The molecule has 1 aliphatic carbocycles. The maximum absolute atomic E-state index is 11.7. The molecule has 0 aliphatic heterocycles. The predicted octanol–water partition coefficient (Wildman–Crippen LogP) is 0.639. The first-order chi connectivity index (χ1) is 8.52. The second kappa shape index (κ2) is 4.75. The highest BCUT2D eigenvalue weighted by Crippen LogP contribution is 2.44. The maximum Gasteiger partial charge on any atom is 0.310 e. The molecule has 7 nitrogen and oxygen atoms in total. The second-order valence-corrected chi connectivity index (χ2v) is 4.62. The second-order valence-electron chi connectivity index (χ2n) is 4.62. The summed E-state index contributed by atoms with van der Waals surface area (Å²) >= 11 is 0. The van der Waals surface area contributed by atoms with E-state index in [4.69, 9.17) is 9.63 Å². The number of aromatic nitrogens is 2. The van der Waals surface area contributed by atoms with Gasteiger partial charge in [-0.15, -0.1) is 0 Å². The molecule has 0 bridgehead atoms. The van der Waals surface area contributed by atoms with Gasteiger partial charge in [0.05, 0.1) is 12.0 Å². The molecule has 0 radical (unpaired) electrons. The van der Waals surface area contributed by atoms with E-state index < -0.39 is 11.4 Å². The van der Waals surface area contributed by atoms with Crippen LogP contribution in [-0.2, 0) is 16.1 Å². The highest BCUT2D eigenvalue weighted by Gasteiger charge is 2.45. The zero-order valence-electron chi connectivity index (χ0n) is 10.1. The molecule has 1 aliphatic rings. The summed E-state index contributed by atoms with van der Waals surface area (Å²) in [5.74, 6) is -0.363. The fraction of sp³-hybridized carbons (Fsp3) is 0.636. The van der Waals surface area contributed by atoms with E-state index in [1.165, 1.54) is 0 Å². The third-order valence-electron chi connectivity index (χ3n) is 3.28. The van der Waals surface area contributed by atoms with Crippen molar-refractivity contribution in [1.82, 2.24) is 15.5 Å². The molecule has 1 aromatic rings. The Kier molecular flexibility index (Phi) is 3.31. The molecule has 7 heteroatoms. The van der Waals surface area contributed by atoms with E-state index >= 15 is 0 Å². The van der Waals surface area contributed by atoms with Crippen molar-refractivity contribution in [2.24, 2.45) is 5.41 Å². The van der Waals surface area contributed by atoms with Gasteiger partial charge in [0.25, 0.3) is 0 Å². The summed E-state index contributed by atoms with van der Waals surface area (Å²) in [6.45, 7) is 1.82. The lowest BCUT2D eigenvalue weighted by Gasteiger charge is -2.36. The summed E-state index contributed by atoms with van der Waals surface area (Å²) in [6.07, 6.45) is 2.01. The van der Waals surface area contributed by atoms with Crippen LogP contribution in [0.1, 0.15) is 37.4 Å². The molecule has 0 spiro atoms. The van der Waals surface area contributed by atoms with Crippen molar-refractivity contribution in [3.05, 3.63) is 11.7 Å². The minimum absolute atomic E-state index is 0.0131. The number of aliphatic carboxylic acids is 1. The van der Waals surface area contributed by atoms with Gasteiger partial charge in [-0.05, 0) is 12.8 Å². The number of nitrogens with one attached hydrogen (secondary N) is 1. The van der Waals surface area contributed by atoms with E-state index in [2.05, 4.69) is 15.5 Å². The number of carboxylic acid groups (broad SMARTS) is 1. The third-order valence-corrected chi connectivity index (χ3v) is 3.28. The van der Waals surface area contributed by atoms with Crippen LogP contribution in [0.25, 0.3) is 0 Å². The summed E-state index contributed by atoms with van der Waals surface area (Å²) in [4.78, 5) is 26.7. The number of carboxylic acids is 1. The van der Waals surface area contributed by atoms with Crippen LogP contribution in [0.4, 0.5) is 0 Å². The lowest BCUT2D eigenvalue weighted by atomic mass is 9.66. The van der Waals surface area contributed by atoms with E-state index in [-0.39, 0.29) is 18.9 Å². The Morgan fingerprint density at radius 1 is 1.50 bits per heavy atom. The van der Waals surface area contributed by atoms with Crippen LogP contribution in [0.5, 0.6) is 0 Å². The minimum atomic E-state index is -0.890. The molecule has 0 aromatic carbocycles. The van der Waals surface area contributed by atoms with Gasteiger partial charge >= 0.3 is 5.97 Å². The maximum atomic E-state index is 11.7. The summed E-state index contributed by atoms with van der Waals surface area (Å²) in [7, 11) is 0. The van der Waals surface area contributed by atoms with Crippen molar-refractivity contribution in [3.8, 4) is 0 Å². The molecule has 1 heterocycles. The molecule has 2 N–H and O–H groups in total. The first-order valence-corrected chi connectivity index (χ1v) is 5.81. The Balaban J connectivity index is 1.83. The van der Waals surface area contributed by atoms with E-state index in [9.17, 15) is 9.59 Å². The molecule has 0 saturated heterocycles. The Bertz CT molecular complexity index is 465. The minimum Gasteiger partial charge on any atom is -0.481 e. The molecule has 18 heavy (non-hydrogen) atoms. The van der Waals surface area contributed by atoms with Gasteiger partial charge in [-0.3, -0.25) is 9.59 Å². The number of aryl methyl sites for hydroxylation is 1. The van der Waals surface area contributed by atoms with Crippen LogP contribution < -0.4 is 5.32 Å². The van der Waals surface area contributed by atoms with Gasteiger partial charge in [-0.25, -0.2) is 0 Å². The van der Waals surface area contributed by atoms with Crippen LogP contribution in [0, 0.1) is 12.3 Å². The average Bonchev–Trinajstić information content (AvgIpc) is 2.66. The number of nitrogens with zero attached hydrogens (tertiary/aromatic N) is 2. The molecule has 0 atom stereocenters. The van der Waals surface area contributed by atoms with Gasteiger partial charge < -0.3 is 14.9 Å². The molecule has 0 unspecified atom stereocenters. The summed E-state index contributed by atoms with van der Waals surface area (Å²) in [5.41, 5.74) is -0.864. The monoisotopic (exact) mass is 253 g/mol. The van der Waals surface area contributed by atoms with Crippen molar-refractivity contribution in [2.45, 2.75) is 39.2 Å². The van der Waals surface area contributed by atoms with Gasteiger partial charge in [0.15, 0.2) is 5.82 Å². The average molecular weight is 253 g/mol. The van der Waals surface area contributed by atoms with Crippen LogP contribution in [-0.4, -0.2) is 27.1 Å². The van der Waals surface area contributed by atoms with Crippen molar-refractivity contribution in [3.63, 3.8) is 0 Å². The molecule has 1 aromatic heterocycles. The number of hydrogen-bond acceptors (Lipinski definition) is 5. The van der Waals surface area contributed by atoms with E-state index in [0.29, 0.717) is 24.6 Å². The first kappa shape index (κ1) is 12.5. The zero-order valence-corrected chi connectivity index (χ0v) is 10.1. The van der Waals surface area contributed by atoms with Gasteiger partial charge in [-0.2, -0.15) is 4.98 Å². The van der Waals surface area contributed by atoms with Crippen molar-refractivity contribution in [2.75, 3.05) is 0 Å². The van der Waals surface area contributed by atoms with Crippen LogP contribution in [0.3, 0.4) is 0 Å². The Morgan fingerprint density at radius 3 is 2.67 bits per heavy atom. The lowest BCUT2D eigenvalue weighted by molar-refractivity contribution is -0.157. The predicted molar refractivity (Wildman–Crippen MR) is 59.4 cm³/mol. The van der Waals surface area contributed by atoms with Crippen molar-refractivity contribution < 1.29 is 19.2 Å². The van der Waals surface area contributed by atoms with Crippen molar-refractivity contribution >= 4 is 11.9 Å². The molecule has 1 fully saturated rings. The number of amides is 1. The Labute approximate surface area is 104 Å². The Morgan fingerprint density at radius 2 is 2.22 bits per heavy atom. The highest BCUT2D eigenvalue weighted by molar-refractivity contribution is 5.85. The molecular formula is C11H15N3O4. The normalized spacial score (nSPS) is 16.9. The molecule has 2 rings (SSSR count). The third kappa shape index (κ3) is 2.49. The van der Waals surface area contributed by atoms with E-state index in [1.807, 2.05) is 0 Å². The number of rotatable bonds is 5. The Hall–Kier alpha value is -1.92. The fourth-order valence-electron chi connectivity index (χ4n) is 2.03. The number of carbonyl (C=O) groups is 2. The molecule has 98 valence electrons. The summed E-state index contributed by atoms with van der Waals surface area (Å²) in [5, 5.41) is 15.3. The van der Waals surface area contributed by atoms with E-state index in [0.717, 1.165) is 6.42 Å². The van der Waals surface area contributed by atoms with Crippen LogP contribution in [0.2, 0.25) is 0 Å². The van der Waals surface area contributed by atoms with Crippen LogP contribution >= 0.6 is 0 Å². The number of carbonyl (C=O) groups excluding carboxylic acids is 1.